The summed E-state index contributed by atoms with van der Waals surface area (Å²) in [5.41, 5.74) is 20.1. The third-order valence-electron chi connectivity index (χ3n) is 6.84. The van der Waals surface area contributed by atoms with Crippen molar-refractivity contribution in [3.8, 4) is 17.2 Å². The summed E-state index contributed by atoms with van der Waals surface area (Å²) >= 11 is 0. The first-order valence-corrected chi connectivity index (χ1v) is 14.7. The van der Waals surface area contributed by atoms with Gasteiger partial charge in [0.25, 0.3) is 0 Å². The van der Waals surface area contributed by atoms with Crippen LogP contribution in [0.3, 0.4) is 0 Å². The Morgan fingerprint density at radius 1 is 0.818 bits per heavy atom. The Morgan fingerprint density at radius 2 is 1.34 bits per heavy atom. The number of aliphatic hydroxyl groups is 1. The van der Waals surface area contributed by atoms with Crippen LogP contribution >= 0.6 is 0 Å². The van der Waals surface area contributed by atoms with Gasteiger partial charge in [-0.1, -0.05) is 23.3 Å². The Bertz CT molecular complexity index is 1650. The first kappa shape index (κ1) is 34.0. The molecule has 2 aromatic carbocycles. The number of hydrogen-bond donors (Lipinski definition) is 5. The fraction of sp³-hybridized carbons (Fsp3) is 0.424. The number of aromatic hydroxyl groups is 1. The van der Waals surface area contributed by atoms with E-state index in [1.807, 2.05) is 39.8 Å². The van der Waals surface area contributed by atoms with Crippen molar-refractivity contribution in [1.82, 2.24) is 0 Å². The molecule has 0 saturated carbocycles. The summed E-state index contributed by atoms with van der Waals surface area (Å²) < 4.78 is 18.4. The van der Waals surface area contributed by atoms with Crippen LogP contribution in [0.5, 0.6) is 17.2 Å². The number of aliphatic hydroxyl groups excluding tert-OH is 1. The van der Waals surface area contributed by atoms with E-state index in [2.05, 4.69) is 9.98 Å². The molecule has 8 N–H and O–H groups in total. The molecule has 0 fully saturated rings. The summed E-state index contributed by atoms with van der Waals surface area (Å²) in [5.74, 6) is 1.11. The molecular weight excluding hydrogens is 562 g/mol. The van der Waals surface area contributed by atoms with Crippen LogP contribution in [0.25, 0.3) is 21.9 Å². The summed E-state index contributed by atoms with van der Waals surface area (Å²) in [6, 6.07) is 3.25. The number of allylic oxidation sites excluding steroid dienone is 4. The number of hydrogen-bond acceptors (Lipinski definition) is 8. The lowest BCUT2D eigenvalue weighted by molar-refractivity contribution is 0.261. The van der Waals surface area contributed by atoms with Crippen molar-refractivity contribution in [3.63, 3.8) is 0 Å². The van der Waals surface area contributed by atoms with Crippen LogP contribution < -0.4 is 32.1 Å². The van der Waals surface area contributed by atoms with E-state index in [1.54, 1.807) is 19.1 Å². The van der Waals surface area contributed by atoms with Gasteiger partial charge in [0.2, 0.25) is 5.43 Å². The lowest BCUT2D eigenvalue weighted by Crippen LogP contribution is -2.23. The fourth-order valence-corrected chi connectivity index (χ4v) is 4.68. The molecular formula is C33H45N5O6. The third kappa shape index (κ3) is 8.76. The number of guanidine groups is 1. The van der Waals surface area contributed by atoms with Gasteiger partial charge in [-0.3, -0.25) is 14.8 Å². The van der Waals surface area contributed by atoms with Crippen molar-refractivity contribution in [2.45, 2.75) is 66.9 Å². The number of phenols is 1. The average molecular weight is 608 g/mol. The normalized spacial score (nSPS) is 11.5. The lowest BCUT2D eigenvalue weighted by atomic mass is 9.95. The van der Waals surface area contributed by atoms with Gasteiger partial charge in [0.15, 0.2) is 5.96 Å². The Balaban J connectivity index is 2.23. The molecule has 44 heavy (non-hydrogen) atoms. The summed E-state index contributed by atoms with van der Waals surface area (Å²) in [4.78, 5) is 22.4. The average Bonchev–Trinajstić information content (AvgIpc) is 2.94. The number of aliphatic imine (C=N–C) groups is 2. The SMILES string of the molecule is CC(C)=CCc1c(OCCCN=C(C)N)cc2oc3cc(OCCCN=C(N)N)c(CO)c(CC=C(C)C)c3c(=O)c2c1O. The Kier molecular flexibility index (Phi) is 12.2. The largest absolute Gasteiger partial charge is 0.507 e. The smallest absolute Gasteiger partial charge is 0.204 e. The maximum Gasteiger partial charge on any atom is 0.204 e. The third-order valence-corrected chi connectivity index (χ3v) is 6.84. The van der Waals surface area contributed by atoms with Crippen molar-refractivity contribution in [3.05, 3.63) is 62.3 Å². The molecule has 0 unspecified atom stereocenters. The number of amidine groups is 1. The Morgan fingerprint density at radius 3 is 1.86 bits per heavy atom. The molecule has 0 spiro atoms. The highest BCUT2D eigenvalue weighted by atomic mass is 16.5. The summed E-state index contributed by atoms with van der Waals surface area (Å²) in [5, 5.41) is 22.3. The first-order valence-electron chi connectivity index (χ1n) is 14.7. The number of phenolic OH excluding ortho intramolecular Hbond substituents is 1. The zero-order chi connectivity index (χ0) is 32.4. The number of ether oxygens (including phenoxy) is 2. The molecule has 1 aromatic heterocycles. The van der Waals surface area contributed by atoms with E-state index >= 15 is 0 Å². The fourth-order valence-electron chi connectivity index (χ4n) is 4.68. The van der Waals surface area contributed by atoms with Crippen molar-refractivity contribution in [2.75, 3.05) is 26.3 Å². The van der Waals surface area contributed by atoms with E-state index in [9.17, 15) is 15.0 Å². The van der Waals surface area contributed by atoms with E-state index in [0.717, 1.165) is 11.1 Å². The van der Waals surface area contributed by atoms with Gasteiger partial charge in [-0.2, -0.15) is 0 Å². The van der Waals surface area contributed by atoms with E-state index in [0.29, 0.717) is 79.4 Å². The predicted octanol–water partition coefficient (Wildman–Crippen LogP) is 4.35. The molecule has 0 aliphatic carbocycles. The standard InChI is InChI=1S/C33H45N5O6/c1-19(2)8-10-22-24(18-39)26(43-15-7-13-38-33(35)36)17-27-29(22)32(41)30-28(44-27)16-25(42-14-6-12-37-21(5)34)23(31(30)40)11-9-20(3)4/h8-9,16-17,39-40H,6-7,10-15,18H2,1-5H3,(H2,34,37)(H4,35,36,38). The van der Waals surface area contributed by atoms with E-state index in [-0.39, 0.29) is 46.9 Å². The molecule has 0 aliphatic heterocycles. The van der Waals surface area contributed by atoms with Crippen LogP contribution in [-0.4, -0.2) is 48.3 Å². The van der Waals surface area contributed by atoms with Gasteiger partial charge >= 0.3 is 0 Å². The topological polar surface area (TPSA) is 192 Å². The number of nitrogens with zero attached hydrogens (tertiary/aromatic N) is 2. The quantitative estimate of drug-likeness (QED) is 0.0549. The second kappa shape index (κ2) is 15.8. The Labute approximate surface area is 257 Å². The lowest BCUT2D eigenvalue weighted by Gasteiger charge is -2.18. The molecule has 238 valence electrons. The molecule has 0 radical (unpaired) electrons. The maximum atomic E-state index is 14.2. The minimum Gasteiger partial charge on any atom is -0.507 e. The molecule has 0 amide bonds. The zero-order valence-corrected chi connectivity index (χ0v) is 26.3. The van der Waals surface area contributed by atoms with E-state index in [1.165, 1.54) is 0 Å². The number of fused-ring (bicyclic) bond motifs is 2. The first-order chi connectivity index (χ1) is 20.9. The molecule has 0 bridgehead atoms. The number of benzene rings is 2. The highest BCUT2D eigenvalue weighted by molar-refractivity contribution is 5.97. The molecule has 11 nitrogen and oxygen atoms in total. The highest BCUT2D eigenvalue weighted by Crippen LogP contribution is 2.39. The van der Waals surface area contributed by atoms with Crippen LogP contribution in [0.4, 0.5) is 0 Å². The number of nitrogens with two attached hydrogens (primary N) is 3. The van der Waals surface area contributed by atoms with E-state index < -0.39 is 5.43 Å². The highest BCUT2D eigenvalue weighted by Gasteiger charge is 2.23. The van der Waals surface area contributed by atoms with Gasteiger partial charge in [0.1, 0.15) is 33.8 Å². The predicted molar refractivity (Wildman–Crippen MR) is 177 cm³/mol. The van der Waals surface area contributed by atoms with Crippen LogP contribution in [0.15, 0.2) is 54.6 Å². The second-order valence-electron chi connectivity index (χ2n) is 11.1. The molecule has 3 rings (SSSR count). The van der Waals surface area contributed by atoms with Crippen molar-refractivity contribution < 1.29 is 24.1 Å². The Hall–Kier alpha value is -4.51. The summed E-state index contributed by atoms with van der Waals surface area (Å²) in [6.45, 7) is 10.7. The van der Waals surface area contributed by atoms with Gasteiger partial charge < -0.3 is 41.3 Å². The van der Waals surface area contributed by atoms with Gasteiger partial charge in [0.05, 0.1) is 31.0 Å². The van der Waals surface area contributed by atoms with Crippen LogP contribution in [0.2, 0.25) is 0 Å². The minimum atomic E-state index is -0.400. The summed E-state index contributed by atoms with van der Waals surface area (Å²) in [6.07, 6.45) is 5.78. The second-order valence-corrected chi connectivity index (χ2v) is 11.1. The molecule has 3 aromatic rings. The van der Waals surface area contributed by atoms with Crippen LogP contribution in [0.1, 0.15) is 64.2 Å². The van der Waals surface area contributed by atoms with Crippen molar-refractivity contribution in [1.29, 1.82) is 0 Å². The molecule has 0 saturated heterocycles. The van der Waals surface area contributed by atoms with Crippen molar-refractivity contribution in [2.24, 2.45) is 27.2 Å². The molecule has 0 atom stereocenters. The van der Waals surface area contributed by atoms with Gasteiger partial charge in [-0.05, 0) is 53.0 Å². The van der Waals surface area contributed by atoms with Gasteiger partial charge in [-0.15, -0.1) is 0 Å². The molecule has 0 aliphatic rings. The zero-order valence-electron chi connectivity index (χ0n) is 26.3. The van der Waals surface area contributed by atoms with Gasteiger partial charge in [-0.25, -0.2) is 0 Å². The maximum absolute atomic E-state index is 14.2. The summed E-state index contributed by atoms with van der Waals surface area (Å²) in [7, 11) is 0. The van der Waals surface area contributed by atoms with E-state index in [4.69, 9.17) is 31.1 Å². The minimum absolute atomic E-state index is 0.000755. The van der Waals surface area contributed by atoms with Crippen LogP contribution in [-0.2, 0) is 19.4 Å². The monoisotopic (exact) mass is 607 g/mol. The number of rotatable bonds is 15. The molecule has 1 heterocycles. The van der Waals surface area contributed by atoms with Crippen molar-refractivity contribution >= 4 is 33.7 Å². The van der Waals surface area contributed by atoms with Gasteiger partial charge in [0, 0.05) is 49.2 Å². The van der Waals surface area contributed by atoms with Crippen LogP contribution in [0, 0.1) is 0 Å². The molecule has 11 heteroatoms.